The third-order valence-electron chi connectivity index (χ3n) is 4.59. The van der Waals surface area contributed by atoms with Gasteiger partial charge in [-0.05, 0) is 37.1 Å². The van der Waals surface area contributed by atoms with Crippen molar-refractivity contribution in [1.82, 2.24) is 5.32 Å². The van der Waals surface area contributed by atoms with Crippen LogP contribution in [0.1, 0.15) is 38.7 Å². The van der Waals surface area contributed by atoms with E-state index in [0.717, 1.165) is 26.1 Å². The molecule has 1 aliphatic heterocycles. The molecular formula is C24H28FNO2. The summed E-state index contributed by atoms with van der Waals surface area (Å²) >= 11 is 0. The molecule has 0 radical (unpaired) electrons. The summed E-state index contributed by atoms with van der Waals surface area (Å²) in [4.78, 5) is 12.5. The molecule has 1 saturated heterocycles. The predicted molar refractivity (Wildman–Crippen MR) is 111 cm³/mol. The van der Waals surface area contributed by atoms with Crippen molar-refractivity contribution in [3.8, 4) is 11.8 Å². The van der Waals surface area contributed by atoms with Crippen LogP contribution in [0.3, 0.4) is 0 Å². The van der Waals surface area contributed by atoms with Crippen molar-refractivity contribution in [1.29, 1.82) is 0 Å². The second-order valence-electron chi connectivity index (χ2n) is 7.34. The van der Waals surface area contributed by atoms with Crippen LogP contribution < -0.4 is 5.32 Å². The predicted octanol–water partition coefficient (Wildman–Crippen LogP) is 4.56. The summed E-state index contributed by atoms with van der Waals surface area (Å²) < 4.78 is 18.5. The number of rotatable bonds is 8. The Hall–Kier alpha value is -2.64. The molecule has 1 N–H and O–H groups in total. The minimum atomic E-state index is -0.319. The molecule has 0 saturated carbocycles. The van der Waals surface area contributed by atoms with Gasteiger partial charge in [-0.25, -0.2) is 4.39 Å². The molecule has 1 amide bonds. The zero-order valence-electron chi connectivity index (χ0n) is 16.7. The van der Waals surface area contributed by atoms with Crippen molar-refractivity contribution in [3.63, 3.8) is 0 Å². The first-order valence-electron chi connectivity index (χ1n) is 9.62. The lowest BCUT2D eigenvalue weighted by Crippen LogP contribution is -2.42. The number of benzene rings is 1. The van der Waals surface area contributed by atoms with Gasteiger partial charge in [-0.15, -0.1) is 0 Å². The lowest BCUT2D eigenvalue weighted by atomic mass is 9.85. The molecule has 1 heterocycles. The minimum absolute atomic E-state index is 0.0524. The Bertz CT molecular complexity index is 822. The quantitative estimate of drug-likeness (QED) is 0.407. The highest BCUT2D eigenvalue weighted by Crippen LogP contribution is 2.29. The Morgan fingerprint density at radius 3 is 2.79 bits per heavy atom. The average molecular weight is 381 g/mol. The standard InChI is InChI=1S/C24H28FNO2/c1-4-7-21(23(27)26-15-14-24(3)17-28-18-24)13-12-19(5-2)10-11-20-8-6-9-22(25)16-20/h5-6,8-9,12-13,16H,2,4,7,14-15,17-18H2,1,3H3,(H,26,27). The molecule has 148 valence electrons. The van der Waals surface area contributed by atoms with E-state index in [1.807, 2.05) is 6.92 Å². The first-order valence-corrected chi connectivity index (χ1v) is 9.62. The van der Waals surface area contributed by atoms with Gasteiger partial charge in [0.05, 0.1) is 13.2 Å². The maximum atomic E-state index is 13.2. The lowest BCUT2D eigenvalue weighted by Gasteiger charge is -2.38. The molecule has 1 aromatic carbocycles. The fourth-order valence-electron chi connectivity index (χ4n) is 2.79. The van der Waals surface area contributed by atoms with Crippen molar-refractivity contribution in [3.05, 3.63) is 71.6 Å². The van der Waals surface area contributed by atoms with Crippen LogP contribution in [0.15, 0.2) is 60.2 Å². The van der Waals surface area contributed by atoms with Gasteiger partial charge in [0.1, 0.15) is 5.82 Å². The van der Waals surface area contributed by atoms with Crippen LogP contribution in [0.4, 0.5) is 4.39 Å². The van der Waals surface area contributed by atoms with E-state index < -0.39 is 0 Å². The molecule has 2 rings (SSSR count). The largest absolute Gasteiger partial charge is 0.380 e. The normalized spacial score (nSPS) is 15.8. The van der Waals surface area contributed by atoms with Crippen molar-refractivity contribution >= 4 is 5.91 Å². The summed E-state index contributed by atoms with van der Waals surface area (Å²) in [6, 6.07) is 6.13. The SMILES string of the molecule is C=CC(C#Cc1cccc(F)c1)=CC=C(CCC)C(=O)NCCC1(C)COC1. The van der Waals surface area contributed by atoms with Crippen molar-refractivity contribution < 1.29 is 13.9 Å². The van der Waals surface area contributed by atoms with Crippen LogP contribution in [0.5, 0.6) is 0 Å². The number of halogens is 1. The summed E-state index contributed by atoms with van der Waals surface area (Å²) in [7, 11) is 0. The summed E-state index contributed by atoms with van der Waals surface area (Å²) in [5.74, 6) is 5.51. The number of hydrogen-bond donors (Lipinski definition) is 1. The Morgan fingerprint density at radius 1 is 1.39 bits per heavy atom. The lowest BCUT2D eigenvalue weighted by molar-refractivity contribution is -0.119. The van der Waals surface area contributed by atoms with Crippen LogP contribution in [0, 0.1) is 23.1 Å². The van der Waals surface area contributed by atoms with Crippen LogP contribution in [0.2, 0.25) is 0 Å². The highest BCUT2D eigenvalue weighted by molar-refractivity contribution is 5.93. The maximum Gasteiger partial charge on any atom is 0.247 e. The van der Waals surface area contributed by atoms with E-state index in [9.17, 15) is 9.18 Å². The van der Waals surface area contributed by atoms with E-state index in [1.54, 1.807) is 30.4 Å². The molecule has 3 nitrogen and oxygen atoms in total. The molecule has 0 spiro atoms. The highest BCUT2D eigenvalue weighted by atomic mass is 19.1. The number of allylic oxidation sites excluding steroid dienone is 4. The third-order valence-corrected chi connectivity index (χ3v) is 4.59. The molecule has 4 heteroatoms. The number of amides is 1. The molecule has 28 heavy (non-hydrogen) atoms. The van der Waals surface area contributed by atoms with Gasteiger partial charge in [0, 0.05) is 28.7 Å². The van der Waals surface area contributed by atoms with E-state index in [2.05, 4.69) is 30.7 Å². The Kier molecular flexibility index (Phi) is 8.22. The molecule has 0 aliphatic carbocycles. The molecule has 0 atom stereocenters. The average Bonchev–Trinajstić information content (AvgIpc) is 2.65. The smallest absolute Gasteiger partial charge is 0.247 e. The summed E-state index contributed by atoms with van der Waals surface area (Å²) in [6.45, 7) is 10.1. The fraction of sp³-hybridized carbons (Fsp3) is 0.375. The Balaban J connectivity index is 2.03. The second kappa shape index (κ2) is 10.6. The maximum absolute atomic E-state index is 13.2. The first kappa shape index (κ1) is 21.7. The van der Waals surface area contributed by atoms with Crippen LogP contribution in [-0.4, -0.2) is 25.7 Å². The summed E-state index contributed by atoms with van der Waals surface area (Å²) in [6.07, 6.45) is 7.67. The summed E-state index contributed by atoms with van der Waals surface area (Å²) in [5, 5.41) is 3.00. The fourth-order valence-corrected chi connectivity index (χ4v) is 2.79. The molecule has 0 unspecified atom stereocenters. The van der Waals surface area contributed by atoms with Gasteiger partial charge in [-0.2, -0.15) is 0 Å². The molecule has 1 fully saturated rings. The second-order valence-corrected chi connectivity index (χ2v) is 7.34. The van der Waals surface area contributed by atoms with E-state index in [1.165, 1.54) is 12.1 Å². The summed E-state index contributed by atoms with van der Waals surface area (Å²) in [5.41, 5.74) is 2.16. The topological polar surface area (TPSA) is 38.3 Å². The molecular weight excluding hydrogens is 353 g/mol. The minimum Gasteiger partial charge on any atom is -0.380 e. The molecule has 1 aliphatic rings. The number of ether oxygens (including phenoxy) is 1. The molecule has 1 aromatic rings. The van der Waals surface area contributed by atoms with E-state index in [4.69, 9.17) is 4.74 Å². The van der Waals surface area contributed by atoms with Gasteiger partial charge in [0.2, 0.25) is 5.91 Å². The van der Waals surface area contributed by atoms with Gasteiger partial charge in [0.25, 0.3) is 0 Å². The zero-order valence-corrected chi connectivity index (χ0v) is 16.7. The number of carbonyl (C=O) groups excluding carboxylic acids is 1. The van der Waals surface area contributed by atoms with E-state index in [0.29, 0.717) is 29.7 Å². The van der Waals surface area contributed by atoms with Crippen LogP contribution in [0.25, 0.3) is 0 Å². The van der Waals surface area contributed by atoms with Crippen LogP contribution >= 0.6 is 0 Å². The van der Waals surface area contributed by atoms with E-state index >= 15 is 0 Å². The number of nitrogens with one attached hydrogen (secondary N) is 1. The van der Waals surface area contributed by atoms with Gasteiger partial charge in [0.15, 0.2) is 0 Å². The highest BCUT2D eigenvalue weighted by Gasteiger charge is 2.32. The first-order chi connectivity index (χ1) is 13.5. The van der Waals surface area contributed by atoms with Gasteiger partial charge < -0.3 is 10.1 Å². The van der Waals surface area contributed by atoms with E-state index in [-0.39, 0.29) is 17.1 Å². The number of hydrogen-bond acceptors (Lipinski definition) is 2. The van der Waals surface area contributed by atoms with Gasteiger partial charge in [-0.1, -0.05) is 56.9 Å². The van der Waals surface area contributed by atoms with Crippen LogP contribution in [-0.2, 0) is 9.53 Å². The monoisotopic (exact) mass is 381 g/mol. The van der Waals surface area contributed by atoms with Crippen molar-refractivity contribution in [2.75, 3.05) is 19.8 Å². The molecule has 0 aromatic heterocycles. The Morgan fingerprint density at radius 2 is 2.18 bits per heavy atom. The van der Waals surface area contributed by atoms with Crippen molar-refractivity contribution in [2.45, 2.75) is 33.1 Å². The van der Waals surface area contributed by atoms with Crippen molar-refractivity contribution in [2.24, 2.45) is 5.41 Å². The van der Waals surface area contributed by atoms with Gasteiger partial charge in [-0.3, -0.25) is 4.79 Å². The number of carbonyl (C=O) groups is 1. The van der Waals surface area contributed by atoms with Gasteiger partial charge >= 0.3 is 0 Å². The third kappa shape index (κ3) is 6.83. The Labute approximate surface area is 167 Å². The zero-order chi connectivity index (χ0) is 20.4. The molecule has 0 bridgehead atoms.